The number of aryl methyl sites for hydroxylation is 1. The van der Waals surface area contributed by atoms with E-state index in [1.807, 2.05) is 36.4 Å². The Bertz CT molecular complexity index is 864. The van der Waals surface area contributed by atoms with E-state index in [0.717, 1.165) is 17.7 Å². The molecule has 0 unspecified atom stereocenters. The van der Waals surface area contributed by atoms with Gasteiger partial charge in [-0.25, -0.2) is 0 Å². The quantitative estimate of drug-likeness (QED) is 0.336. The molecule has 31 heavy (non-hydrogen) atoms. The van der Waals surface area contributed by atoms with Gasteiger partial charge in [-0.2, -0.15) is 0 Å². The summed E-state index contributed by atoms with van der Waals surface area (Å²) in [5.41, 5.74) is 4.01. The first kappa shape index (κ1) is 22.9. The molecule has 4 nitrogen and oxygen atoms in total. The molecule has 1 aliphatic rings. The van der Waals surface area contributed by atoms with Crippen molar-refractivity contribution in [3.63, 3.8) is 0 Å². The number of amides is 1. The summed E-state index contributed by atoms with van der Waals surface area (Å²) < 4.78 is 5.88. The largest absolute Gasteiger partial charge is 0.487 e. The van der Waals surface area contributed by atoms with Crippen LogP contribution in [-0.4, -0.2) is 10.9 Å². The smallest absolute Gasteiger partial charge is 0.252 e. The highest BCUT2D eigenvalue weighted by Gasteiger charge is 2.19. The number of unbranched alkanes of at least 4 members (excludes halogenated alkanes) is 8. The molecule has 3 rings (SSSR count). The number of aromatic nitrogens is 1. The van der Waals surface area contributed by atoms with E-state index in [1.54, 1.807) is 0 Å². The van der Waals surface area contributed by atoms with Gasteiger partial charge in [0.1, 0.15) is 12.4 Å². The van der Waals surface area contributed by atoms with Crippen LogP contribution in [0.3, 0.4) is 0 Å². The number of hydrogen-bond acceptors (Lipinski definition) is 2. The molecule has 0 atom stereocenters. The molecule has 0 saturated carbocycles. The van der Waals surface area contributed by atoms with Crippen LogP contribution in [-0.2, 0) is 22.6 Å². The predicted octanol–water partition coefficient (Wildman–Crippen LogP) is 6.66. The highest BCUT2D eigenvalue weighted by Crippen LogP contribution is 2.20. The van der Waals surface area contributed by atoms with Crippen LogP contribution in [0.2, 0.25) is 0 Å². The molecule has 1 aromatic heterocycles. The van der Waals surface area contributed by atoms with Crippen LogP contribution in [0.4, 0.5) is 0 Å². The van der Waals surface area contributed by atoms with Gasteiger partial charge in [-0.1, -0.05) is 88.6 Å². The van der Waals surface area contributed by atoms with Gasteiger partial charge < -0.3 is 15.0 Å². The number of ether oxygens (including phenoxy) is 1. The van der Waals surface area contributed by atoms with Crippen LogP contribution in [0, 0.1) is 0 Å². The second-order valence-corrected chi connectivity index (χ2v) is 8.35. The normalized spacial score (nSPS) is 14.7. The number of hydrogen-bond donors (Lipinski definition) is 2. The average Bonchev–Trinajstić information content (AvgIpc) is 3.37. The van der Waals surface area contributed by atoms with Crippen molar-refractivity contribution < 1.29 is 9.53 Å². The Labute approximate surface area is 186 Å². The molecule has 2 N–H and O–H groups in total. The Hall–Kier alpha value is -2.75. The first-order valence-corrected chi connectivity index (χ1v) is 11.8. The molecule has 0 spiro atoms. The molecule has 0 radical (unpaired) electrons. The fraction of sp³-hybridized carbons (Fsp3) is 0.444. The van der Waals surface area contributed by atoms with Crippen molar-refractivity contribution in [2.75, 3.05) is 0 Å². The van der Waals surface area contributed by atoms with Gasteiger partial charge in [0.2, 0.25) is 0 Å². The van der Waals surface area contributed by atoms with E-state index in [0.29, 0.717) is 18.1 Å². The summed E-state index contributed by atoms with van der Waals surface area (Å²) in [5.74, 6) is 0.444. The minimum Gasteiger partial charge on any atom is -0.487 e. The van der Waals surface area contributed by atoms with Crippen LogP contribution in [0.5, 0.6) is 0 Å². The summed E-state index contributed by atoms with van der Waals surface area (Å²) in [5, 5.41) is 2.87. The highest BCUT2D eigenvalue weighted by molar-refractivity contribution is 5.95. The van der Waals surface area contributed by atoms with Crippen molar-refractivity contribution in [2.45, 2.75) is 77.7 Å². The molecule has 0 bridgehead atoms. The summed E-state index contributed by atoms with van der Waals surface area (Å²) in [4.78, 5) is 15.3. The third kappa shape index (κ3) is 8.12. The van der Waals surface area contributed by atoms with E-state index in [2.05, 4.69) is 29.4 Å². The van der Waals surface area contributed by atoms with E-state index in [1.165, 1.54) is 69.6 Å². The molecule has 166 valence electrons. The SMILES string of the molecule is CCCCCCCCCCCc1ccc(/C=C2\NC(=O)C=C2OCc2ccccc2)[nH]1. The van der Waals surface area contributed by atoms with Gasteiger partial charge in [-0.15, -0.1) is 0 Å². The third-order valence-corrected chi connectivity index (χ3v) is 5.64. The first-order valence-electron chi connectivity index (χ1n) is 11.8. The molecule has 1 amide bonds. The van der Waals surface area contributed by atoms with Crippen molar-refractivity contribution >= 4 is 12.0 Å². The van der Waals surface area contributed by atoms with Crippen molar-refractivity contribution in [1.82, 2.24) is 10.3 Å². The number of H-pyrrole nitrogens is 1. The monoisotopic (exact) mass is 420 g/mol. The molecule has 2 heterocycles. The predicted molar refractivity (Wildman–Crippen MR) is 127 cm³/mol. The lowest BCUT2D eigenvalue weighted by Crippen LogP contribution is -2.14. The standard InChI is InChI=1S/C27H36N2O2/c1-2-3-4-5-6-7-8-9-13-16-23-17-18-24(28-23)19-25-26(20-27(30)29-25)31-21-22-14-11-10-12-15-22/h10-12,14-15,17-20,28H,2-9,13,16,21H2,1H3,(H,29,30)/b25-19-. The zero-order valence-electron chi connectivity index (χ0n) is 18.8. The first-order chi connectivity index (χ1) is 15.2. The van der Waals surface area contributed by atoms with E-state index in [9.17, 15) is 4.79 Å². The summed E-state index contributed by atoms with van der Waals surface area (Å²) in [6, 6.07) is 14.2. The Morgan fingerprint density at radius 1 is 0.871 bits per heavy atom. The zero-order valence-corrected chi connectivity index (χ0v) is 18.8. The van der Waals surface area contributed by atoms with E-state index < -0.39 is 0 Å². The summed E-state index contributed by atoms with van der Waals surface area (Å²) in [6.07, 6.45) is 16.6. The van der Waals surface area contributed by atoms with Crippen molar-refractivity contribution in [3.05, 3.63) is 76.9 Å². The molecule has 1 aromatic carbocycles. The molecule has 4 heteroatoms. The van der Waals surface area contributed by atoms with Crippen molar-refractivity contribution in [1.29, 1.82) is 0 Å². The number of benzene rings is 1. The zero-order chi connectivity index (χ0) is 21.7. The fourth-order valence-corrected chi connectivity index (χ4v) is 3.86. The Balaban J connectivity index is 1.41. The summed E-state index contributed by atoms with van der Waals surface area (Å²) >= 11 is 0. The molecule has 2 aromatic rings. The lowest BCUT2D eigenvalue weighted by molar-refractivity contribution is -0.115. The minimum atomic E-state index is -0.143. The highest BCUT2D eigenvalue weighted by atomic mass is 16.5. The maximum absolute atomic E-state index is 11.9. The molecule has 0 saturated heterocycles. The van der Waals surface area contributed by atoms with E-state index in [-0.39, 0.29) is 5.91 Å². The van der Waals surface area contributed by atoms with Crippen molar-refractivity contribution in [2.24, 2.45) is 0 Å². The molecule has 0 fully saturated rings. The minimum absolute atomic E-state index is 0.143. The third-order valence-electron chi connectivity index (χ3n) is 5.64. The van der Waals surface area contributed by atoms with Crippen LogP contribution in [0.1, 0.15) is 81.7 Å². The number of carbonyl (C=O) groups is 1. The number of aromatic amines is 1. The second kappa shape index (κ2) is 12.8. The molecule has 1 aliphatic heterocycles. The van der Waals surface area contributed by atoms with Gasteiger partial charge in [0.15, 0.2) is 0 Å². The topological polar surface area (TPSA) is 54.1 Å². The van der Waals surface area contributed by atoms with Gasteiger partial charge in [0.05, 0.1) is 5.70 Å². The van der Waals surface area contributed by atoms with Crippen LogP contribution in [0.25, 0.3) is 6.08 Å². The fourth-order valence-electron chi connectivity index (χ4n) is 3.86. The van der Waals surface area contributed by atoms with Crippen LogP contribution >= 0.6 is 0 Å². The second-order valence-electron chi connectivity index (χ2n) is 8.35. The summed E-state index contributed by atoms with van der Waals surface area (Å²) in [6.45, 7) is 2.70. The van der Waals surface area contributed by atoms with E-state index in [4.69, 9.17) is 4.74 Å². The summed E-state index contributed by atoms with van der Waals surface area (Å²) in [7, 11) is 0. The van der Waals surface area contributed by atoms with Gasteiger partial charge >= 0.3 is 0 Å². The lowest BCUT2D eigenvalue weighted by Gasteiger charge is -2.08. The van der Waals surface area contributed by atoms with Gasteiger partial charge in [0.25, 0.3) is 5.91 Å². The number of rotatable bonds is 14. The van der Waals surface area contributed by atoms with Crippen LogP contribution < -0.4 is 5.32 Å². The lowest BCUT2D eigenvalue weighted by atomic mass is 10.1. The average molecular weight is 421 g/mol. The maximum atomic E-state index is 11.9. The van der Waals surface area contributed by atoms with E-state index >= 15 is 0 Å². The maximum Gasteiger partial charge on any atom is 0.252 e. The Morgan fingerprint density at radius 3 is 2.32 bits per heavy atom. The Morgan fingerprint density at radius 2 is 1.58 bits per heavy atom. The Kier molecular flexibility index (Phi) is 9.49. The number of nitrogens with one attached hydrogen (secondary N) is 2. The van der Waals surface area contributed by atoms with Gasteiger partial charge in [-0.05, 0) is 36.6 Å². The molecule has 0 aliphatic carbocycles. The van der Waals surface area contributed by atoms with Crippen molar-refractivity contribution in [3.8, 4) is 0 Å². The van der Waals surface area contributed by atoms with Crippen LogP contribution in [0.15, 0.2) is 60.0 Å². The number of carbonyl (C=O) groups excluding carboxylic acids is 1. The van der Waals surface area contributed by atoms with Gasteiger partial charge in [-0.3, -0.25) is 4.79 Å². The van der Waals surface area contributed by atoms with Gasteiger partial charge in [0, 0.05) is 17.5 Å². The molecular weight excluding hydrogens is 384 g/mol. The molecular formula is C27H36N2O2.